The molecule has 0 spiro atoms. The molecule has 0 aromatic rings. The molecule has 3 aliphatic carbocycles. The Hall–Kier alpha value is -1.20. The maximum atomic E-state index is 13.3. The topological polar surface area (TPSA) is 61.8 Å². The molecule has 3 unspecified atom stereocenters. The fourth-order valence-corrected chi connectivity index (χ4v) is 7.16. The van der Waals surface area contributed by atoms with Crippen LogP contribution in [0.3, 0.4) is 0 Å². The molecule has 0 amide bonds. The molecular formula is C24H38O5. The second kappa shape index (κ2) is 7.81. The second-order valence-electron chi connectivity index (χ2n) is 10.2. The lowest BCUT2D eigenvalue weighted by atomic mass is 9.44. The zero-order valence-corrected chi connectivity index (χ0v) is 19.0. The van der Waals surface area contributed by atoms with Gasteiger partial charge < -0.3 is 14.2 Å². The van der Waals surface area contributed by atoms with Gasteiger partial charge >= 0.3 is 5.97 Å². The van der Waals surface area contributed by atoms with Crippen molar-refractivity contribution in [1.82, 2.24) is 0 Å². The van der Waals surface area contributed by atoms with Crippen molar-refractivity contribution in [2.45, 2.75) is 78.9 Å². The number of ketones is 1. The molecule has 3 aliphatic rings. The summed E-state index contributed by atoms with van der Waals surface area (Å²) in [6.45, 7) is 14.6. The lowest BCUT2D eigenvalue weighted by Crippen LogP contribution is -2.63. The van der Waals surface area contributed by atoms with Gasteiger partial charge in [-0.2, -0.15) is 0 Å². The Labute approximate surface area is 175 Å². The number of rotatable bonds is 5. The van der Waals surface area contributed by atoms with Gasteiger partial charge in [0.05, 0.1) is 6.10 Å². The molecule has 0 radical (unpaired) electrons. The minimum atomic E-state index is -0.403. The van der Waals surface area contributed by atoms with Crippen LogP contribution in [0.1, 0.15) is 66.7 Å². The highest BCUT2D eigenvalue weighted by Gasteiger charge is 2.68. The van der Waals surface area contributed by atoms with E-state index in [2.05, 4.69) is 34.3 Å². The van der Waals surface area contributed by atoms with Crippen LogP contribution in [-0.4, -0.2) is 37.9 Å². The average Bonchev–Trinajstić information content (AvgIpc) is 3.02. The molecule has 3 saturated carbocycles. The Morgan fingerprint density at radius 2 is 1.97 bits per heavy atom. The number of hydrogen-bond donors (Lipinski definition) is 0. The van der Waals surface area contributed by atoms with Gasteiger partial charge in [-0.05, 0) is 42.9 Å². The van der Waals surface area contributed by atoms with Crippen molar-refractivity contribution in [1.29, 1.82) is 0 Å². The van der Waals surface area contributed by atoms with Crippen LogP contribution in [0.4, 0.5) is 0 Å². The van der Waals surface area contributed by atoms with E-state index in [1.165, 1.54) is 6.92 Å². The predicted molar refractivity (Wildman–Crippen MR) is 111 cm³/mol. The van der Waals surface area contributed by atoms with Crippen molar-refractivity contribution in [3.8, 4) is 0 Å². The number of hydrogen-bond acceptors (Lipinski definition) is 5. The summed E-state index contributed by atoms with van der Waals surface area (Å²) in [6.07, 6.45) is 5.56. The van der Waals surface area contributed by atoms with Gasteiger partial charge in [0, 0.05) is 37.2 Å². The maximum Gasteiger partial charge on any atom is 0.302 e. The van der Waals surface area contributed by atoms with E-state index >= 15 is 0 Å². The fraction of sp³-hybridized carbons (Fsp3) is 0.833. The number of esters is 1. The Bertz CT molecular complexity index is 674. The molecule has 8 atom stereocenters. The smallest absolute Gasteiger partial charge is 0.302 e. The molecule has 5 heteroatoms. The number of ether oxygens (including phenoxy) is 3. The molecule has 29 heavy (non-hydrogen) atoms. The first-order valence-electron chi connectivity index (χ1n) is 11.0. The van der Waals surface area contributed by atoms with E-state index in [1.807, 2.05) is 6.08 Å². The second-order valence-corrected chi connectivity index (χ2v) is 10.2. The molecule has 5 nitrogen and oxygen atoms in total. The average molecular weight is 407 g/mol. The number of methoxy groups -OCH3 is 1. The van der Waals surface area contributed by atoms with Crippen molar-refractivity contribution >= 4 is 11.8 Å². The molecular weight excluding hydrogens is 368 g/mol. The Kier molecular flexibility index (Phi) is 6.05. The first-order valence-corrected chi connectivity index (χ1v) is 11.0. The van der Waals surface area contributed by atoms with Crippen LogP contribution in [-0.2, 0) is 23.8 Å². The predicted octanol–water partition coefficient (Wildman–Crippen LogP) is 4.54. The van der Waals surface area contributed by atoms with Crippen LogP contribution in [0.15, 0.2) is 12.7 Å². The highest BCUT2D eigenvalue weighted by atomic mass is 16.7. The van der Waals surface area contributed by atoms with Crippen LogP contribution in [0, 0.1) is 34.0 Å². The molecule has 0 heterocycles. The van der Waals surface area contributed by atoms with Crippen LogP contribution >= 0.6 is 0 Å². The summed E-state index contributed by atoms with van der Waals surface area (Å²) in [4.78, 5) is 25.5. The molecule has 0 aromatic heterocycles. The fourth-order valence-electron chi connectivity index (χ4n) is 7.16. The largest absolute Gasteiger partial charge is 0.462 e. The van der Waals surface area contributed by atoms with Gasteiger partial charge in [0.25, 0.3) is 0 Å². The van der Waals surface area contributed by atoms with Gasteiger partial charge in [-0.1, -0.05) is 33.8 Å². The zero-order valence-electron chi connectivity index (χ0n) is 19.0. The molecule has 0 N–H and O–H groups in total. The van der Waals surface area contributed by atoms with E-state index in [0.717, 1.165) is 19.3 Å². The lowest BCUT2D eigenvalue weighted by Gasteiger charge is -2.62. The van der Waals surface area contributed by atoms with Crippen molar-refractivity contribution in [3.63, 3.8) is 0 Å². The normalized spacial score (nSPS) is 47.1. The minimum Gasteiger partial charge on any atom is -0.462 e. The van der Waals surface area contributed by atoms with Crippen LogP contribution < -0.4 is 0 Å². The van der Waals surface area contributed by atoms with E-state index in [4.69, 9.17) is 14.2 Å². The highest BCUT2D eigenvalue weighted by Crippen LogP contribution is 2.68. The number of carbonyl (C=O) groups excluding carboxylic acids is 2. The van der Waals surface area contributed by atoms with Crippen molar-refractivity contribution < 1.29 is 23.8 Å². The minimum absolute atomic E-state index is 0.110. The Morgan fingerprint density at radius 3 is 2.55 bits per heavy atom. The van der Waals surface area contributed by atoms with Gasteiger partial charge in [-0.15, -0.1) is 6.58 Å². The van der Waals surface area contributed by atoms with Crippen molar-refractivity contribution in [3.05, 3.63) is 12.7 Å². The Morgan fingerprint density at radius 1 is 1.28 bits per heavy atom. The Balaban J connectivity index is 2.21. The van der Waals surface area contributed by atoms with Gasteiger partial charge in [-0.3, -0.25) is 9.59 Å². The first kappa shape index (κ1) is 22.5. The molecule has 2 bridgehead atoms. The summed E-state index contributed by atoms with van der Waals surface area (Å²) >= 11 is 0. The number of Topliss-reactive ketones (excluding diaryl/α,β-unsaturated/α-hetero) is 1. The summed E-state index contributed by atoms with van der Waals surface area (Å²) < 4.78 is 17.5. The third kappa shape index (κ3) is 3.29. The summed E-state index contributed by atoms with van der Waals surface area (Å²) in [5, 5.41) is 0. The maximum absolute atomic E-state index is 13.3. The van der Waals surface area contributed by atoms with Gasteiger partial charge in [0.2, 0.25) is 0 Å². The summed E-state index contributed by atoms with van der Waals surface area (Å²) in [5.74, 6) is 0.392. The molecule has 3 rings (SSSR count). The molecule has 0 aromatic carbocycles. The van der Waals surface area contributed by atoms with Crippen LogP contribution in [0.25, 0.3) is 0 Å². The van der Waals surface area contributed by atoms with E-state index < -0.39 is 5.41 Å². The molecule has 3 fully saturated rings. The molecule has 164 valence electrons. The summed E-state index contributed by atoms with van der Waals surface area (Å²) in [7, 11) is 1.63. The van der Waals surface area contributed by atoms with Gasteiger partial charge in [0.1, 0.15) is 18.7 Å². The lowest BCUT2D eigenvalue weighted by molar-refractivity contribution is -0.222. The first-order chi connectivity index (χ1) is 13.6. The quantitative estimate of drug-likeness (QED) is 0.381. The number of carbonyl (C=O) groups is 2. The van der Waals surface area contributed by atoms with E-state index in [9.17, 15) is 9.59 Å². The molecule has 0 aliphatic heterocycles. The highest BCUT2D eigenvalue weighted by molar-refractivity contribution is 5.85. The van der Waals surface area contributed by atoms with Gasteiger partial charge in [0.15, 0.2) is 0 Å². The zero-order chi connectivity index (χ0) is 21.6. The third-order valence-corrected chi connectivity index (χ3v) is 8.93. The standard InChI is InChI=1S/C24H38O5/c1-8-22(5)13-19(29-17(4)25)23(6)15(2)9-11-24(12-10-18(26)20(23)24)16(3)21(22)28-14-27-7/h8,15-16,19-21H,1,9-14H2,2-7H3/t15-,16+,19?,20?,21+,22-,23+,24?/m1/s1. The van der Waals surface area contributed by atoms with Gasteiger partial charge in [-0.25, -0.2) is 0 Å². The summed E-state index contributed by atoms with van der Waals surface area (Å²) in [6, 6.07) is 0. The molecule has 0 saturated heterocycles. The van der Waals surface area contributed by atoms with E-state index in [0.29, 0.717) is 24.5 Å². The SMILES string of the molecule is C=C[C@]1(C)CC(OC(C)=O)[C@@]2(C)C3C(=O)CCC3(CC[C@H]2C)[C@@H](C)[C@@H]1OCOC. The third-order valence-electron chi connectivity index (χ3n) is 8.93. The van der Waals surface area contributed by atoms with E-state index in [1.54, 1.807) is 7.11 Å². The summed E-state index contributed by atoms with van der Waals surface area (Å²) in [5.41, 5.74) is -0.928. The van der Waals surface area contributed by atoms with Crippen LogP contribution in [0.5, 0.6) is 0 Å². The van der Waals surface area contributed by atoms with E-state index in [-0.39, 0.29) is 47.6 Å². The van der Waals surface area contributed by atoms with Crippen LogP contribution in [0.2, 0.25) is 0 Å². The monoisotopic (exact) mass is 406 g/mol. The van der Waals surface area contributed by atoms with Crippen molar-refractivity contribution in [2.24, 2.45) is 34.0 Å². The van der Waals surface area contributed by atoms with Crippen molar-refractivity contribution in [2.75, 3.05) is 13.9 Å².